The lowest BCUT2D eigenvalue weighted by molar-refractivity contribution is 0.309. The molecule has 1 aromatic rings. The highest BCUT2D eigenvalue weighted by Gasteiger charge is 2.12. The van der Waals surface area contributed by atoms with E-state index >= 15 is 0 Å². The molecule has 1 aromatic carbocycles. The van der Waals surface area contributed by atoms with Crippen molar-refractivity contribution < 1.29 is 4.74 Å². The van der Waals surface area contributed by atoms with Crippen LogP contribution in [0.1, 0.15) is 44.7 Å². The zero-order valence-corrected chi connectivity index (χ0v) is 10.6. The van der Waals surface area contributed by atoms with Crippen LogP contribution < -0.4 is 10.1 Å². The van der Waals surface area contributed by atoms with E-state index in [1.165, 1.54) is 12.0 Å². The fourth-order valence-corrected chi connectivity index (χ4v) is 1.86. The first-order valence-corrected chi connectivity index (χ1v) is 6.22. The van der Waals surface area contributed by atoms with E-state index in [2.05, 4.69) is 37.4 Å². The maximum Gasteiger partial charge on any atom is 0.124 e. The Hall–Kier alpha value is -1.02. The van der Waals surface area contributed by atoms with Crippen molar-refractivity contribution in [1.29, 1.82) is 0 Å². The molecule has 0 aromatic heterocycles. The minimum Gasteiger partial charge on any atom is -0.493 e. The quantitative estimate of drug-likeness (QED) is 0.760. The third-order valence-electron chi connectivity index (χ3n) is 2.68. The molecule has 0 amide bonds. The molecule has 2 heteroatoms. The lowest BCUT2D eigenvalue weighted by atomic mass is 10.0. The van der Waals surface area contributed by atoms with Crippen molar-refractivity contribution in [1.82, 2.24) is 5.32 Å². The molecule has 0 spiro atoms. The summed E-state index contributed by atoms with van der Waals surface area (Å²) in [6.45, 7) is 5.13. The van der Waals surface area contributed by atoms with Crippen LogP contribution in [0.15, 0.2) is 24.3 Å². The first kappa shape index (κ1) is 13.0. The second-order valence-corrected chi connectivity index (χ2v) is 4.02. The van der Waals surface area contributed by atoms with Gasteiger partial charge in [0, 0.05) is 11.6 Å². The van der Waals surface area contributed by atoms with Crippen LogP contribution in [-0.2, 0) is 0 Å². The van der Waals surface area contributed by atoms with Gasteiger partial charge in [-0.05, 0) is 26.0 Å². The summed E-state index contributed by atoms with van der Waals surface area (Å²) in [4.78, 5) is 0. The zero-order chi connectivity index (χ0) is 11.8. The summed E-state index contributed by atoms with van der Waals surface area (Å²) < 4.78 is 5.78. The van der Waals surface area contributed by atoms with E-state index < -0.39 is 0 Å². The average Bonchev–Trinajstić information content (AvgIpc) is 2.34. The van der Waals surface area contributed by atoms with E-state index in [1.807, 2.05) is 13.1 Å². The van der Waals surface area contributed by atoms with Gasteiger partial charge in [-0.15, -0.1) is 0 Å². The monoisotopic (exact) mass is 221 g/mol. The van der Waals surface area contributed by atoms with Gasteiger partial charge in [-0.1, -0.05) is 38.5 Å². The second-order valence-electron chi connectivity index (χ2n) is 4.02. The lowest BCUT2D eigenvalue weighted by Gasteiger charge is -2.19. The molecule has 0 bridgehead atoms. The summed E-state index contributed by atoms with van der Waals surface area (Å²) in [5, 5.41) is 3.36. The second kappa shape index (κ2) is 7.29. The number of rotatable bonds is 7. The Kier molecular flexibility index (Phi) is 5.94. The molecule has 0 fully saturated rings. The molecule has 1 unspecified atom stereocenters. The van der Waals surface area contributed by atoms with Crippen LogP contribution >= 0.6 is 0 Å². The zero-order valence-electron chi connectivity index (χ0n) is 10.6. The Bertz CT molecular complexity index is 299. The number of benzene rings is 1. The largest absolute Gasteiger partial charge is 0.493 e. The van der Waals surface area contributed by atoms with Crippen LogP contribution in [0.3, 0.4) is 0 Å². The van der Waals surface area contributed by atoms with Gasteiger partial charge in [-0.25, -0.2) is 0 Å². The van der Waals surface area contributed by atoms with Crippen molar-refractivity contribution in [3.63, 3.8) is 0 Å². The number of ether oxygens (including phenoxy) is 1. The van der Waals surface area contributed by atoms with Crippen molar-refractivity contribution in [2.24, 2.45) is 0 Å². The van der Waals surface area contributed by atoms with Gasteiger partial charge >= 0.3 is 0 Å². The molecule has 0 saturated carbocycles. The van der Waals surface area contributed by atoms with Gasteiger partial charge in [0.25, 0.3) is 0 Å². The van der Waals surface area contributed by atoms with Crippen LogP contribution in [0.25, 0.3) is 0 Å². The normalized spacial score (nSPS) is 12.4. The van der Waals surface area contributed by atoms with Gasteiger partial charge in [0.15, 0.2) is 0 Å². The number of hydrogen-bond donors (Lipinski definition) is 1. The average molecular weight is 221 g/mol. The first-order valence-electron chi connectivity index (χ1n) is 6.22. The molecule has 1 rings (SSSR count). The highest BCUT2D eigenvalue weighted by molar-refractivity contribution is 5.35. The van der Waals surface area contributed by atoms with Crippen molar-refractivity contribution in [2.45, 2.75) is 39.2 Å². The molecular weight excluding hydrogens is 198 g/mol. The van der Waals surface area contributed by atoms with Gasteiger partial charge in [0.2, 0.25) is 0 Å². The first-order chi connectivity index (χ1) is 7.83. The van der Waals surface area contributed by atoms with Crippen LogP contribution in [0.2, 0.25) is 0 Å². The molecule has 1 atom stereocenters. The number of nitrogens with one attached hydrogen (secondary N) is 1. The lowest BCUT2D eigenvalue weighted by Crippen LogP contribution is -2.17. The van der Waals surface area contributed by atoms with Crippen LogP contribution in [0, 0.1) is 0 Å². The number of hydrogen-bond acceptors (Lipinski definition) is 2. The van der Waals surface area contributed by atoms with Crippen molar-refractivity contribution in [3.8, 4) is 5.75 Å². The summed E-state index contributed by atoms with van der Waals surface area (Å²) >= 11 is 0. The molecule has 2 nitrogen and oxygen atoms in total. The maximum absolute atomic E-state index is 5.78. The molecule has 0 heterocycles. The van der Waals surface area contributed by atoms with Crippen molar-refractivity contribution in [2.75, 3.05) is 13.7 Å². The third kappa shape index (κ3) is 3.53. The Morgan fingerprint density at radius 1 is 1.19 bits per heavy atom. The van der Waals surface area contributed by atoms with Gasteiger partial charge in [-0.3, -0.25) is 0 Å². The predicted octanol–water partition coefficient (Wildman–Crippen LogP) is 3.54. The van der Waals surface area contributed by atoms with Gasteiger partial charge in [0.1, 0.15) is 5.75 Å². The molecule has 0 radical (unpaired) electrons. The van der Waals surface area contributed by atoms with Gasteiger partial charge in [0.05, 0.1) is 6.61 Å². The summed E-state index contributed by atoms with van der Waals surface area (Å²) in [5.41, 5.74) is 1.28. The Balaban J connectivity index is 2.82. The minimum absolute atomic E-state index is 0.401. The fourth-order valence-electron chi connectivity index (χ4n) is 1.86. The van der Waals surface area contributed by atoms with E-state index in [1.54, 1.807) is 0 Å². The van der Waals surface area contributed by atoms with Gasteiger partial charge in [-0.2, -0.15) is 0 Å². The summed E-state index contributed by atoms with van der Waals surface area (Å²) in [6, 6.07) is 8.73. The minimum atomic E-state index is 0.401. The van der Waals surface area contributed by atoms with Crippen molar-refractivity contribution >= 4 is 0 Å². The van der Waals surface area contributed by atoms with E-state index in [0.717, 1.165) is 25.2 Å². The van der Waals surface area contributed by atoms with Crippen LogP contribution in [0.4, 0.5) is 0 Å². The van der Waals surface area contributed by atoms with Crippen LogP contribution in [-0.4, -0.2) is 13.7 Å². The molecular formula is C14H23NO. The standard InChI is InChI=1S/C14H23NO/c1-4-8-13(15-3)12-9-6-7-10-14(12)16-11-5-2/h6-7,9-10,13,15H,4-5,8,11H2,1-3H3. The highest BCUT2D eigenvalue weighted by Crippen LogP contribution is 2.27. The summed E-state index contributed by atoms with van der Waals surface area (Å²) in [6.07, 6.45) is 3.36. The molecule has 1 N–H and O–H groups in total. The maximum atomic E-state index is 5.78. The molecule has 0 aliphatic heterocycles. The summed E-state index contributed by atoms with van der Waals surface area (Å²) in [5.74, 6) is 1.03. The van der Waals surface area contributed by atoms with Crippen LogP contribution in [0.5, 0.6) is 5.75 Å². The van der Waals surface area contributed by atoms with Crippen molar-refractivity contribution in [3.05, 3.63) is 29.8 Å². The Morgan fingerprint density at radius 3 is 2.56 bits per heavy atom. The fraction of sp³-hybridized carbons (Fsp3) is 0.571. The van der Waals surface area contributed by atoms with Gasteiger partial charge < -0.3 is 10.1 Å². The van der Waals surface area contributed by atoms with E-state index in [0.29, 0.717) is 6.04 Å². The molecule has 16 heavy (non-hydrogen) atoms. The number of para-hydroxylation sites is 1. The SMILES string of the molecule is CCCOc1ccccc1C(CCC)NC. The molecule has 0 aliphatic rings. The Labute approximate surface area is 99.0 Å². The predicted molar refractivity (Wildman–Crippen MR) is 68.9 cm³/mol. The molecule has 0 saturated heterocycles. The van der Waals surface area contributed by atoms with E-state index in [9.17, 15) is 0 Å². The van der Waals surface area contributed by atoms with E-state index in [-0.39, 0.29) is 0 Å². The molecule has 0 aliphatic carbocycles. The smallest absolute Gasteiger partial charge is 0.124 e. The molecule has 90 valence electrons. The topological polar surface area (TPSA) is 21.3 Å². The summed E-state index contributed by atoms with van der Waals surface area (Å²) in [7, 11) is 2.01. The highest BCUT2D eigenvalue weighted by atomic mass is 16.5. The van der Waals surface area contributed by atoms with E-state index in [4.69, 9.17) is 4.74 Å². The Morgan fingerprint density at radius 2 is 1.94 bits per heavy atom. The third-order valence-corrected chi connectivity index (χ3v) is 2.68.